The summed E-state index contributed by atoms with van der Waals surface area (Å²) >= 11 is 2.00. The number of hydrogen-bond acceptors (Lipinski definition) is 4. The second-order valence-corrected chi connectivity index (χ2v) is 5.16. The van der Waals surface area contributed by atoms with Gasteiger partial charge in [0.1, 0.15) is 5.82 Å². The number of ether oxygens (including phenoxy) is 1. The maximum Gasteiger partial charge on any atom is 0.376 e. The van der Waals surface area contributed by atoms with E-state index in [2.05, 4.69) is 4.98 Å². The van der Waals surface area contributed by atoms with Gasteiger partial charge in [0.25, 0.3) is 0 Å². The molecule has 0 fully saturated rings. The van der Waals surface area contributed by atoms with Crippen LogP contribution in [0.2, 0.25) is 0 Å². The first-order valence-corrected chi connectivity index (χ1v) is 7.26. The first kappa shape index (κ1) is 15.0. The molecule has 1 heterocycles. The molecule has 0 saturated heterocycles. The van der Waals surface area contributed by atoms with Crippen molar-refractivity contribution in [2.75, 3.05) is 6.61 Å². The first-order chi connectivity index (χ1) is 9.56. The van der Waals surface area contributed by atoms with Gasteiger partial charge in [-0.25, -0.2) is 14.2 Å². The Hall–Kier alpha value is -1.44. The average Bonchev–Trinajstić information content (AvgIpc) is 2.83. The van der Waals surface area contributed by atoms with Crippen LogP contribution in [-0.2, 0) is 11.2 Å². The smallest absolute Gasteiger partial charge is 0.376 e. The third kappa shape index (κ3) is 3.00. The number of aryl methyl sites for hydroxylation is 1. The number of carbonyl (C=O) groups excluding carboxylic acids is 1. The molecule has 2 aromatic rings. The van der Waals surface area contributed by atoms with Crippen LogP contribution >= 0.6 is 22.6 Å². The van der Waals surface area contributed by atoms with Crippen LogP contribution in [0.1, 0.15) is 30.1 Å². The molecule has 0 bridgehead atoms. The highest BCUT2D eigenvalue weighted by Gasteiger charge is 2.22. The normalized spacial score (nSPS) is 10.6. The fourth-order valence-corrected chi connectivity index (χ4v) is 2.43. The maximum absolute atomic E-state index is 13.1. The van der Waals surface area contributed by atoms with Gasteiger partial charge in [-0.15, -0.1) is 0 Å². The molecular formula is C14H13FINO3. The first-order valence-electron chi connectivity index (χ1n) is 6.19. The molecule has 0 radical (unpaired) electrons. The summed E-state index contributed by atoms with van der Waals surface area (Å²) in [4.78, 5) is 16.1. The summed E-state index contributed by atoms with van der Waals surface area (Å²) in [7, 11) is 0. The SMILES string of the molecule is CCOC(=O)c1oc(-c2ccc(F)cc2I)nc1CC. The summed E-state index contributed by atoms with van der Waals surface area (Å²) in [6.07, 6.45) is 0.551. The van der Waals surface area contributed by atoms with Crippen LogP contribution in [-0.4, -0.2) is 17.6 Å². The van der Waals surface area contributed by atoms with E-state index in [9.17, 15) is 9.18 Å². The van der Waals surface area contributed by atoms with Crippen molar-refractivity contribution in [1.82, 2.24) is 4.98 Å². The molecule has 0 aliphatic heterocycles. The predicted molar refractivity (Wildman–Crippen MR) is 79.9 cm³/mol. The maximum atomic E-state index is 13.1. The van der Waals surface area contributed by atoms with E-state index in [1.165, 1.54) is 12.1 Å². The lowest BCUT2D eigenvalue weighted by Crippen LogP contribution is -2.05. The van der Waals surface area contributed by atoms with Gasteiger partial charge in [0.05, 0.1) is 17.9 Å². The number of aromatic nitrogens is 1. The van der Waals surface area contributed by atoms with Crippen LogP contribution in [0.4, 0.5) is 4.39 Å². The van der Waals surface area contributed by atoms with Gasteiger partial charge >= 0.3 is 5.97 Å². The molecule has 4 nitrogen and oxygen atoms in total. The Kier molecular flexibility index (Phi) is 4.74. The van der Waals surface area contributed by atoms with Gasteiger partial charge in [0.2, 0.25) is 11.7 Å². The molecule has 0 saturated carbocycles. The molecule has 0 atom stereocenters. The van der Waals surface area contributed by atoms with Crippen molar-refractivity contribution in [3.63, 3.8) is 0 Å². The van der Waals surface area contributed by atoms with Crippen LogP contribution in [0.5, 0.6) is 0 Å². The molecule has 2 rings (SSSR count). The molecule has 0 spiro atoms. The van der Waals surface area contributed by atoms with E-state index in [0.29, 0.717) is 27.1 Å². The number of oxazole rings is 1. The van der Waals surface area contributed by atoms with Crippen LogP contribution in [0.15, 0.2) is 22.6 Å². The van der Waals surface area contributed by atoms with Crippen molar-refractivity contribution >= 4 is 28.6 Å². The van der Waals surface area contributed by atoms with Crippen LogP contribution in [0.25, 0.3) is 11.5 Å². The van der Waals surface area contributed by atoms with E-state index >= 15 is 0 Å². The van der Waals surface area contributed by atoms with E-state index in [-0.39, 0.29) is 18.2 Å². The number of esters is 1. The zero-order valence-electron chi connectivity index (χ0n) is 11.1. The Bertz CT molecular complexity index is 639. The molecule has 20 heavy (non-hydrogen) atoms. The quantitative estimate of drug-likeness (QED) is 0.589. The predicted octanol–water partition coefficient (Wildman–Crippen LogP) is 3.82. The lowest BCUT2D eigenvalue weighted by Gasteiger charge is -2.00. The van der Waals surface area contributed by atoms with E-state index in [0.717, 1.165) is 0 Å². The minimum atomic E-state index is -0.528. The molecule has 0 unspecified atom stereocenters. The van der Waals surface area contributed by atoms with Gasteiger partial charge < -0.3 is 9.15 Å². The number of benzene rings is 1. The highest BCUT2D eigenvalue weighted by Crippen LogP contribution is 2.27. The number of rotatable bonds is 4. The van der Waals surface area contributed by atoms with Crippen molar-refractivity contribution in [2.45, 2.75) is 20.3 Å². The minimum Gasteiger partial charge on any atom is -0.460 e. The summed E-state index contributed by atoms with van der Waals surface area (Å²) in [5.41, 5.74) is 1.19. The molecule has 0 aliphatic carbocycles. The molecular weight excluding hydrogens is 376 g/mol. The summed E-state index contributed by atoms with van der Waals surface area (Å²) < 4.78 is 24.2. The van der Waals surface area contributed by atoms with Gasteiger partial charge in [0, 0.05) is 3.57 Å². The molecule has 1 aromatic heterocycles. The highest BCUT2D eigenvalue weighted by molar-refractivity contribution is 14.1. The molecule has 0 amide bonds. The van der Waals surface area contributed by atoms with Crippen molar-refractivity contribution < 1.29 is 18.3 Å². The van der Waals surface area contributed by atoms with Crippen LogP contribution in [0.3, 0.4) is 0 Å². The lowest BCUT2D eigenvalue weighted by atomic mass is 10.2. The van der Waals surface area contributed by atoms with Crippen molar-refractivity contribution in [3.05, 3.63) is 39.0 Å². The third-order valence-electron chi connectivity index (χ3n) is 2.65. The molecule has 6 heteroatoms. The van der Waals surface area contributed by atoms with Crippen molar-refractivity contribution in [3.8, 4) is 11.5 Å². The summed E-state index contributed by atoms with van der Waals surface area (Å²) in [6.45, 7) is 3.87. The molecule has 0 N–H and O–H groups in total. The number of nitrogens with zero attached hydrogens (tertiary/aromatic N) is 1. The van der Waals surface area contributed by atoms with Crippen LogP contribution in [0, 0.1) is 9.39 Å². The zero-order valence-corrected chi connectivity index (χ0v) is 13.2. The second-order valence-electron chi connectivity index (χ2n) is 3.99. The second kappa shape index (κ2) is 6.34. The summed E-state index contributed by atoms with van der Waals surface area (Å²) in [5, 5.41) is 0. The number of halogens is 2. The number of carbonyl (C=O) groups is 1. The van der Waals surface area contributed by atoms with E-state index < -0.39 is 5.97 Å². The van der Waals surface area contributed by atoms with E-state index in [1.807, 2.05) is 29.5 Å². The van der Waals surface area contributed by atoms with Crippen molar-refractivity contribution in [1.29, 1.82) is 0 Å². The largest absolute Gasteiger partial charge is 0.460 e. The Morgan fingerprint density at radius 1 is 1.45 bits per heavy atom. The standard InChI is InChI=1S/C14H13FINO3/c1-3-11-12(14(18)19-4-2)20-13(17-11)9-6-5-8(15)7-10(9)16/h5-7H,3-4H2,1-2H3. The van der Waals surface area contributed by atoms with Gasteiger partial charge in [0.15, 0.2) is 0 Å². The average molecular weight is 389 g/mol. The summed E-state index contributed by atoms with van der Waals surface area (Å²) in [6, 6.07) is 4.30. The van der Waals surface area contributed by atoms with Gasteiger partial charge in [-0.3, -0.25) is 0 Å². The number of hydrogen-bond donors (Lipinski definition) is 0. The fraction of sp³-hybridized carbons (Fsp3) is 0.286. The van der Waals surface area contributed by atoms with Crippen molar-refractivity contribution in [2.24, 2.45) is 0 Å². The molecule has 1 aromatic carbocycles. The topological polar surface area (TPSA) is 52.3 Å². The Balaban J connectivity index is 2.45. The zero-order chi connectivity index (χ0) is 14.7. The lowest BCUT2D eigenvalue weighted by molar-refractivity contribution is 0.0489. The minimum absolute atomic E-state index is 0.115. The summed E-state index contributed by atoms with van der Waals surface area (Å²) in [5.74, 6) is -0.440. The van der Waals surface area contributed by atoms with E-state index in [1.54, 1.807) is 13.0 Å². The van der Waals surface area contributed by atoms with Gasteiger partial charge in [-0.1, -0.05) is 6.92 Å². The monoisotopic (exact) mass is 389 g/mol. The Morgan fingerprint density at radius 3 is 2.80 bits per heavy atom. The Morgan fingerprint density at radius 2 is 2.20 bits per heavy atom. The highest BCUT2D eigenvalue weighted by atomic mass is 127. The molecule has 0 aliphatic rings. The fourth-order valence-electron chi connectivity index (χ4n) is 1.73. The third-order valence-corrected chi connectivity index (χ3v) is 3.55. The Labute approximate surface area is 129 Å². The van der Waals surface area contributed by atoms with E-state index in [4.69, 9.17) is 9.15 Å². The molecule has 106 valence electrons. The van der Waals surface area contributed by atoms with Crippen LogP contribution < -0.4 is 0 Å². The van der Waals surface area contributed by atoms with Gasteiger partial charge in [-0.05, 0) is 54.1 Å². The van der Waals surface area contributed by atoms with Gasteiger partial charge in [-0.2, -0.15) is 0 Å².